The number of aromatic hydroxyl groups is 1. The first kappa shape index (κ1) is 13.5. The number of rotatable bonds is 6. The predicted octanol–water partition coefficient (Wildman–Crippen LogP) is 1.91. The van der Waals surface area contributed by atoms with E-state index in [-0.39, 0.29) is 5.75 Å². The standard InChI is InChI=1S/C14H19N3O2/c1-10(2)15-8-7-14-16-13(17-19-14)9-11-3-5-12(18)6-4-11/h3-6,10,15,18H,7-9H2,1-2H3. The highest BCUT2D eigenvalue weighted by molar-refractivity contribution is 5.27. The van der Waals surface area contributed by atoms with Gasteiger partial charge in [0.05, 0.1) is 0 Å². The number of nitrogens with zero attached hydrogens (tertiary/aromatic N) is 2. The lowest BCUT2D eigenvalue weighted by Crippen LogP contribution is -2.25. The van der Waals surface area contributed by atoms with Gasteiger partial charge in [-0.1, -0.05) is 31.1 Å². The van der Waals surface area contributed by atoms with E-state index in [4.69, 9.17) is 4.52 Å². The highest BCUT2D eigenvalue weighted by Gasteiger charge is 2.07. The van der Waals surface area contributed by atoms with Crippen molar-refractivity contribution in [3.8, 4) is 5.75 Å². The van der Waals surface area contributed by atoms with Crippen LogP contribution in [0.2, 0.25) is 0 Å². The Morgan fingerprint density at radius 3 is 2.68 bits per heavy atom. The van der Waals surface area contributed by atoms with E-state index in [1.165, 1.54) is 0 Å². The Balaban J connectivity index is 1.88. The van der Waals surface area contributed by atoms with E-state index in [9.17, 15) is 5.11 Å². The van der Waals surface area contributed by atoms with Gasteiger partial charge in [-0.25, -0.2) is 0 Å². The molecule has 0 bridgehead atoms. The predicted molar refractivity (Wildman–Crippen MR) is 72.1 cm³/mol. The smallest absolute Gasteiger partial charge is 0.227 e. The second-order valence-electron chi connectivity index (χ2n) is 4.81. The summed E-state index contributed by atoms with van der Waals surface area (Å²) in [7, 11) is 0. The van der Waals surface area contributed by atoms with Crippen molar-refractivity contribution in [3.63, 3.8) is 0 Å². The Morgan fingerprint density at radius 2 is 2.00 bits per heavy atom. The molecule has 5 heteroatoms. The summed E-state index contributed by atoms with van der Waals surface area (Å²) in [5.74, 6) is 1.59. The van der Waals surface area contributed by atoms with Gasteiger partial charge in [0.1, 0.15) is 5.75 Å². The molecule has 2 rings (SSSR count). The molecule has 0 spiro atoms. The Hall–Kier alpha value is -1.88. The van der Waals surface area contributed by atoms with Gasteiger partial charge < -0.3 is 14.9 Å². The molecular weight excluding hydrogens is 242 g/mol. The van der Waals surface area contributed by atoms with Crippen molar-refractivity contribution < 1.29 is 9.63 Å². The molecule has 0 fully saturated rings. The van der Waals surface area contributed by atoms with E-state index in [1.54, 1.807) is 12.1 Å². The molecule has 1 aromatic carbocycles. The van der Waals surface area contributed by atoms with Crippen molar-refractivity contribution >= 4 is 0 Å². The average molecular weight is 261 g/mol. The van der Waals surface area contributed by atoms with Crippen LogP contribution in [0.25, 0.3) is 0 Å². The number of phenols is 1. The molecule has 0 aliphatic heterocycles. The van der Waals surface area contributed by atoms with E-state index in [0.29, 0.717) is 24.2 Å². The minimum atomic E-state index is 0.261. The van der Waals surface area contributed by atoms with Crippen LogP contribution < -0.4 is 5.32 Å². The summed E-state index contributed by atoms with van der Waals surface area (Å²) in [6.45, 7) is 5.03. The van der Waals surface area contributed by atoms with Crippen LogP contribution in [-0.4, -0.2) is 27.8 Å². The fraction of sp³-hybridized carbons (Fsp3) is 0.429. The molecule has 0 atom stereocenters. The molecule has 2 N–H and O–H groups in total. The Bertz CT molecular complexity index is 506. The van der Waals surface area contributed by atoms with Crippen molar-refractivity contribution in [2.45, 2.75) is 32.7 Å². The summed E-state index contributed by atoms with van der Waals surface area (Å²) in [4.78, 5) is 4.34. The first-order valence-electron chi connectivity index (χ1n) is 6.46. The van der Waals surface area contributed by atoms with Crippen LogP contribution in [0.4, 0.5) is 0 Å². The Kier molecular flexibility index (Phi) is 4.52. The van der Waals surface area contributed by atoms with Gasteiger partial charge in [-0.3, -0.25) is 0 Å². The normalized spacial score (nSPS) is 11.1. The number of aromatic nitrogens is 2. The maximum atomic E-state index is 9.21. The van der Waals surface area contributed by atoms with E-state index >= 15 is 0 Å². The lowest BCUT2D eigenvalue weighted by atomic mass is 10.1. The Labute approximate surface area is 112 Å². The monoisotopic (exact) mass is 261 g/mol. The first-order chi connectivity index (χ1) is 9.13. The molecule has 0 unspecified atom stereocenters. The second-order valence-corrected chi connectivity index (χ2v) is 4.81. The molecule has 5 nitrogen and oxygen atoms in total. The van der Waals surface area contributed by atoms with Crippen LogP contribution in [0.1, 0.15) is 31.1 Å². The van der Waals surface area contributed by atoms with Crippen molar-refractivity contribution in [2.75, 3.05) is 6.54 Å². The van der Waals surface area contributed by atoms with Crippen LogP contribution >= 0.6 is 0 Å². The van der Waals surface area contributed by atoms with Crippen molar-refractivity contribution in [1.29, 1.82) is 0 Å². The van der Waals surface area contributed by atoms with Gasteiger partial charge in [-0.05, 0) is 17.7 Å². The maximum Gasteiger partial charge on any atom is 0.227 e. The fourth-order valence-corrected chi connectivity index (χ4v) is 1.73. The molecule has 19 heavy (non-hydrogen) atoms. The lowest BCUT2D eigenvalue weighted by Gasteiger charge is -2.04. The van der Waals surface area contributed by atoms with Gasteiger partial charge in [-0.15, -0.1) is 0 Å². The zero-order chi connectivity index (χ0) is 13.7. The van der Waals surface area contributed by atoms with Gasteiger partial charge in [0, 0.05) is 25.4 Å². The number of hydrogen-bond acceptors (Lipinski definition) is 5. The maximum absolute atomic E-state index is 9.21. The molecule has 102 valence electrons. The number of benzene rings is 1. The van der Waals surface area contributed by atoms with E-state index in [0.717, 1.165) is 18.5 Å². The van der Waals surface area contributed by atoms with Crippen molar-refractivity contribution in [2.24, 2.45) is 0 Å². The number of hydrogen-bond donors (Lipinski definition) is 2. The molecule has 0 amide bonds. The number of nitrogens with one attached hydrogen (secondary N) is 1. The van der Waals surface area contributed by atoms with Crippen LogP contribution in [-0.2, 0) is 12.8 Å². The molecule has 0 aliphatic rings. The van der Waals surface area contributed by atoms with Crippen LogP contribution in [0.15, 0.2) is 28.8 Å². The summed E-state index contributed by atoms with van der Waals surface area (Å²) in [6, 6.07) is 7.47. The second kappa shape index (κ2) is 6.33. The molecule has 0 radical (unpaired) electrons. The highest BCUT2D eigenvalue weighted by atomic mass is 16.5. The summed E-state index contributed by atoms with van der Waals surface area (Å²) in [6.07, 6.45) is 1.35. The molecule has 0 aliphatic carbocycles. The third kappa shape index (κ3) is 4.37. The zero-order valence-corrected chi connectivity index (χ0v) is 11.3. The highest BCUT2D eigenvalue weighted by Crippen LogP contribution is 2.12. The zero-order valence-electron chi connectivity index (χ0n) is 11.3. The molecular formula is C14H19N3O2. The lowest BCUT2D eigenvalue weighted by molar-refractivity contribution is 0.369. The summed E-state index contributed by atoms with van der Waals surface area (Å²) < 4.78 is 5.19. The Morgan fingerprint density at radius 1 is 1.26 bits per heavy atom. The van der Waals surface area contributed by atoms with Crippen LogP contribution in [0.5, 0.6) is 5.75 Å². The molecule has 2 aromatic rings. The number of phenolic OH excluding ortho intramolecular Hbond substituents is 1. The van der Waals surface area contributed by atoms with Crippen LogP contribution in [0.3, 0.4) is 0 Å². The van der Waals surface area contributed by atoms with Crippen molar-refractivity contribution in [3.05, 3.63) is 41.5 Å². The van der Waals surface area contributed by atoms with Gasteiger partial charge >= 0.3 is 0 Å². The van der Waals surface area contributed by atoms with Gasteiger partial charge in [0.15, 0.2) is 5.82 Å². The first-order valence-corrected chi connectivity index (χ1v) is 6.46. The summed E-state index contributed by atoms with van der Waals surface area (Å²) >= 11 is 0. The molecule has 0 saturated carbocycles. The van der Waals surface area contributed by atoms with Gasteiger partial charge in [0.25, 0.3) is 0 Å². The molecule has 0 saturated heterocycles. The fourth-order valence-electron chi connectivity index (χ4n) is 1.73. The summed E-state index contributed by atoms with van der Waals surface area (Å²) in [5.41, 5.74) is 1.05. The third-order valence-electron chi connectivity index (χ3n) is 2.70. The minimum Gasteiger partial charge on any atom is -0.508 e. The molecule has 1 aromatic heterocycles. The SMILES string of the molecule is CC(C)NCCc1nc(Cc2ccc(O)cc2)no1. The largest absolute Gasteiger partial charge is 0.508 e. The molecule has 1 heterocycles. The van der Waals surface area contributed by atoms with Crippen molar-refractivity contribution in [1.82, 2.24) is 15.5 Å². The van der Waals surface area contributed by atoms with Gasteiger partial charge in [0.2, 0.25) is 5.89 Å². The summed E-state index contributed by atoms with van der Waals surface area (Å²) in [5, 5.41) is 16.5. The van der Waals surface area contributed by atoms with E-state index < -0.39 is 0 Å². The van der Waals surface area contributed by atoms with Crippen LogP contribution in [0, 0.1) is 0 Å². The minimum absolute atomic E-state index is 0.261. The van der Waals surface area contributed by atoms with E-state index in [2.05, 4.69) is 29.3 Å². The van der Waals surface area contributed by atoms with E-state index in [1.807, 2.05) is 12.1 Å². The third-order valence-corrected chi connectivity index (χ3v) is 2.70. The average Bonchev–Trinajstić information content (AvgIpc) is 2.79. The topological polar surface area (TPSA) is 71.2 Å². The quantitative estimate of drug-likeness (QED) is 0.831. The van der Waals surface area contributed by atoms with Gasteiger partial charge in [-0.2, -0.15) is 4.98 Å².